The van der Waals surface area contributed by atoms with Gasteiger partial charge in [0.2, 0.25) is 0 Å². The van der Waals surface area contributed by atoms with E-state index in [1.165, 1.54) is 11.1 Å². The van der Waals surface area contributed by atoms with Gasteiger partial charge in [0.25, 0.3) is 0 Å². The van der Waals surface area contributed by atoms with Crippen molar-refractivity contribution in [3.8, 4) is 50.2 Å². The van der Waals surface area contributed by atoms with E-state index in [0.717, 1.165) is 111 Å². The molecule has 2 aliphatic rings. The molecule has 0 aliphatic carbocycles. The first-order chi connectivity index (χ1) is 48.8. The van der Waals surface area contributed by atoms with Gasteiger partial charge in [0.15, 0.2) is 11.2 Å². The Morgan fingerprint density at radius 1 is 0.323 bits per heavy atom. The van der Waals surface area contributed by atoms with E-state index in [1.807, 2.05) is 48.5 Å². The van der Waals surface area contributed by atoms with E-state index in [4.69, 9.17) is 12.6 Å². The molecule has 0 spiro atoms. The second-order valence-corrected chi connectivity index (χ2v) is 29.4. The summed E-state index contributed by atoms with van der Waals surface area (Å²) in [6.07, 6.45) is 0. The third-order valence-electron chi connectivity index (χ3n) is 19.3. The standard InChI is InChI=1S/C89H79N3O/c1-86(2,3)61-41-45-73-70(49-61)71-50-62(87(4,5)6)42-46-74(71)90(73)76-37-25-35-65-66-36-26-38-77(85(66)93-84(65)76)91-78-48-60(56-29-19-14-20-30-56)39-43-67(78)81-72-47-59(55-27-17-13-18-28-55)40-44-75(72)92(80-54-64(89(10,11)12)53-79(91)82(80)81)83-68(57-31-21-15-22-32-57)51-63(88(7,8)9)52-69(83)58-33-23-16-24-34-58/h13-54,81H,1-12H3/i13D,14D,17D,18D,19D,20D,27D,28D,29D,30D. The second kappa shape index (κ2) is 21.2. The number of hydrogen-bond donors (Lipinski definition) is 0. The van der Waals surface area contributed by atoms with Crippen molar-refractivity contribution in [1.82, 2.24) is 4.57 Å². The van der Waals surface area contributed by atoms with Gasteiger partial charge < -0.3 is 18.8 Å². The molecule has 0 bridgehead atoms. The zero-order valence-electron chi connectivity index (χ0n) is 64.8. The smallest absolute Gasteiger partial charge is 0.159 e. The molecule has 12 aromatic carbocycles. The van der Waals surface area contributed by atoms with Gasteiger partial charge in [-0.3, -0.25) is 0 Å². The predicted molar refractivity (Wildman–Crippen MR) is 395 cm³/mol. The number of hydrogen-bond acceptors (Lipinski definition) is 3. The summed E-state index contributed by atoms with van der Waals surface area (Å²) in [4.78, 5) is 4.66. The van der Waals surface area contributed by atoms with Crippen LogP contribution in [0.5, 0.6) is 0 Å². The van der Waals surface area contributed by atoms with Crippen molar-refractivity contribution in [2.75, 3.05) is 9.80 Å². The fraction of sp³-hybridized carbons (Fsp3) is 0.191. The molecule has 16 rings (SSSR count). The predicted octanol–water partition coefficient (Wildman–Crippen LogP) is 25.3. The summed E-state index contributed by atoms with van der Waals surface area (Å²) in [7, 11) is 0. The van der Waals surface area contributed by atoms with Crippen molar-refractivity contribution < 1.29 is 18.1 Å². The highest BCUT2D eigenvalue weighted by Crippen LogP contribution is 2.64. The first-order valence-corrected chi connectivity index (χ1v) is 32.4. The minimum absolute atomic E-state index is 0.0463. The maximum atomic E-state index is 9.49. The Hall–Kier alpha value is -10.2. The molecule has 93 heavy (non-hydrogen) atoms. The van der Waals surface area contributed by atoms with E-state index in [9.17, 15) is 5.48 Å². The van der Waals surface area contributed by atoms with Crippen LogP contribution in [-0.4, -0.2) is 4.57 Å². The molecule has 2 aliphatic heterocycles. The van der Waals surface area contributed by atoms with Crippen LogP contribution in [0.25, 0.3) is 93.9 Å². The number of benzene rings is 12. The van der Waals surface area contributed by atoms with Crippen LogP contribution in [0.3, 0.4) is 0 Å². The zero-order chi connectivity index (χ0) is 72.7. The van der Waals surface area contributed by atoms with Gasteiger partial charge in [-0.1, -0.05) is 259 Å². The lowest BCUT2D eigenvalue weighted by atomic mass is 9.72. The molecule has 2 aromatic heterocycles. The van der Waals surface area contributed by atoms with Gasteiger partial charge in [-0.25, -0.2) is 0 Å². The first-order valence-electron chi connectivity index (χ1n) is 37.4. The number of rotatable bonds is 7. The Labute approximate surface area is 562 Å². The molecule has 0 saturated heterocycles. The summed E-state index contributed by atoms with van der Waals surface area (Å²) in [5.41, 5.74) is 19.9. The highest BCUT2D eigenvalue weighted by atomic mass is 16.3. The largest absolute Gasteiger partial charge is 0.452 e. The van der Waals surface area contributed by atoms with Gasteiger partial charge in [-0.15, -0.1) is 0 Å². The summed E-state index contributed by atoms with van der Waals surface area (Å²) < 4.78 is 101. The van der Waals surface area contributed by atoms with Crippen molar-refractivity contribution >= 4 is 77.9 Å². The molecule has 0 amide bonds. The SMILES string of the molecule is [2H]c1c([2H])c([2H])c(-c2ccc3c(c2)C2c4ccc(-c5c([2H])c([2H])c([2H])c([2H])c5[2H])cc4N(c4cccc5c4oc4c(-n6c7ccc(C(C)(C)C)cc7c7cc(C(C)(C)C)ccc76)cccc45)c4cc(C(C)(C)C)cc(c42)N3c2c(-c3ccccc3)cc(C(C)(C)C)cc2-c2ccccc2)c([2H])c1[2H]. The number of furan rings is 1. The number of anilines is 6. The van der Waals surface area contributed by atoms with Crippen LogP contribution >= 0.6 is 0 Å². The Morgan fingerprint density at radius 2 is 0.796 bits per heavy atom. The van der Waals surface area contributed by atoms with Crippen molar-refractivity contribution in [1.29, 1.82) is 0 Å². The van der Waals surface area contributed by atoms with E-state index in [0.29, 0.717) is 33.7 Å². The van der Waals surface area contributed by atoms with Crippen LogP contribution in [0.4, 0.5) is 34.1 Å². The van der Waals surface area contributed by atoms with Gasteiger partial charge in [0.1, 0.15) is 0 Å². The van der Waals surface area contributed by atoms with Crippen molar-refractivity contribution in [2.24, 2.45) is 0 Å². The molecule has 14 aromatic rings. The van der Waals surface area contributed by atoms with Crippen LogP contribution < -0.4 is 9.80 Å². The Morgan fingerprint density at radius 3 is 1.32 bits per heavy atom. The fourth-order valence-corrected chi connectivity index (χ4v) is 14.4. The highest BCUT2D eigenvalue weighted by molar-refractivity contribution is 6.16. The number of aromatic nitrogens is 1. The Balaban J connectivity index is 1.06. The molecular weight excluding hydrogens is 1130 g/mol. The summed E-state index contributed by atoms with van der Waals surface area (Å²) in [6, 6.07) is 64.2. The van der Waals surface area contributed by atoms with Gasteiger partial charge in [0.05, 0.1) is 64.6 Å². The molecule has 0 saturated carbocycles. The molecule has 4 nitrogen and oxygen atoms in total. The molecular formula is C89H79N3O. The van der Waals surface area contributed by atoms with Gasteiger partial charge in [0, 0.05) is 44.2 Å². The minimum Gasteiger partial charge on any atom is -0.452 e. The zero-order valence-corrected chi connectivity index (χ0v) is 54.8. The van der Waals surface area contributed by atoms with Crippen LogP contribution in [-0.2, 0) is 21.7 Å². The topological polar surface area (TPSA) is 24.6 Å². The maximum absolute atomic E-state index is 9.49. The molecule has 0 radical (unpaired) electrons. The summed E-state index contributed by atoms with van der Waals surface area (Å²) >= 11 is 0. The molecule has 4 heteroatoms. The number of fused-ring (bicyclic) bond motifs is 10. The maximum Gasteiger partial charge on any atom is 0.159 e. The fourth-order valence-electron chi connectivity index (χ4n) is 14.4. The molecule has 0 fully saturated rings. The monoisotopic (exact) mass is 1220 g/mol. The van der Waals surface area contributed by atoms with Crippen LogP contribution in [0.2, 0.25) is 0 Å². The van der Waals surface area contributed by atoms with Crippen molar-refractivity contribution in [2.45, 2.75) is 111 Å². The van der Waals surface area contributed by atoms with Gasteiger partial charge in [-0.05, 0) is 167 Å². The van der Waals surface area contributed by atoms with Gasteiger partial charge in [-0.2, -0.15) is 0 Å². The van der Waals surface area contributed by atoms with Crippen LogP contribution in [0.15, 0.2) is 259 Å². The lowest BCUT2D eigenvalue weighted by molar-refractivity contribution is 0.589. The van der Waals surface area contributed by atoms with E-state index < -0.39 is 47.6 Å². The van der Waals surface area contributed by atoms with Gasteiger partial charge >= 0.3 is 0 Å². The molecule has 1 unspecified atom stereocenters. The van der Waals surface area contributed by atoms with Crippen molar-refractivity contribution in [3.63, 3.8) is 0 Å². The molecule has 1 atom stereocenters. The second-order valence-electron chi connectivity index (χ2n) is 29.4. The van der Waals surface area contributed by atoms with E-state index >= 15 is 0 Å². The summed E-state index contributed by atoms with van der Waals surface area (Å²) in [5, 5.41) is 4.05. The van der Waals surface area contributed by atoms with E-state index in [2.05, 4.69) is 243 Å². The van der Waals surface area contributed by atoms with Crippen LogP contribution in [0, 0.1) is 0 Å². The lowest BCUT2D eigenvalue weighted by Crippen LogP contribution is -2.31. The summed E-state index contributed by atoms with van der Waals surface area (Å²) in [6.45, 7) is 26.9. The Bertz CT molecular complexity index is 5750. The average Bonchev–Trinajstić information content (AvgIpc) is 0.984. The summed E-state index contributed by atoms with van der Waals surface area (Å²) in [5.74, 6) is -0.654. The minimum atomic E-state index is -0.654. The molecule has 456 valence electrons. The normalized spacial score (nSPS) is 15.6. The van der Waals surface area contributed by atoms with Crippen molar-refractivity contribution in [3.05, 3.63) is 293 Å². The first kappa shape index (κ1) is 47.7. The van der Waals surface area contributed by atoms with E-state index in [1.54, 1.807) is 0 Å². The third-order valence-corrected chi connectivity index (χ3v) is 19.3. The lowest BCUT2D eigenvalue weighted by Gasteiger charge is -2.47. The number of nitrogens with zero attached hydrogens (tertiary/aromatic N) is 3. The quantitative estimate of drug-likeness (QED) is 0.159. The Kier molecular flexibility index (Phi) is 10.9. The van der Waals surface area contributed by atoms with E-state index in [-0.39, 0.29) is 51.5 Å². The molecule has 0 N–H and O–H groups in total. The van der Waals surface area contributed by atoms with Crippen LogP contribution in [0.1, 0.15) is 142 Å². The third kappa shape index (κ3) is 9.54. The highest BCUT2D eigenvalue weighted by Gasteiger charge is 2.44. The molecule has 4 heterocycles. The average molecular weight is 1220 g/mol. The number of para-hydroxylation sites is 2.